The Kier molecular flexibility index (Phi) is 7.43. The van der Waals surface area contributed by atoms with Gasteiger partial charge in [0.2, 0.25) is 0 Å². The molecule has 9 rings (SSSR count). The molecule has 0 bridgehead atoms. The molecular weight excluding hydrogens is 605 g/mol. The van der Waals surface area contributed by atoms with Crippen molar-refractivity contribution in [3.05, 3.63) is 173 Å². The SMILES string of the molecule is Cc1c(/C=C\N)n(-c2ccccc2)c2ccc(-c3ccc(-c4c5c(c(-c6cccc7c6C=CCC=C7)c6ccccc46)CCC=C5)cc3)cc12. The second-order valence-corrected chi connectivity index (χ2v) is 13.3. The van der Waals surface area contributed by atoms with Crippen molar-refractivity contribution in [1.82, 2.24) is 4.57 Å². The Morgan fingerprint density at radius 1 is 0.620 bits per heavy atom. The molecule has 2 nitrogen and oxygen atoms in total. The third-order valence-corrected chi connectivity index (χ3v) is 10.5. The summed E-state index contributed by atoms with van der Waals surface area (Å²) in [4.78, 5) is 0. The average molecular weight is 643 g/mol. The van der Waals surface area contributed by atoms with Gasteiger partial charge in [0.15, 0.2) is 0 Å². The molecule has 0 saturated heterocycles. The van der Waals surface area contributed by atoms with Crippen molar-refractivity contribution in [1.29, 1.82) is 0 Å². The van der Waals surface area contributed by atoms with E-state index in [-0.39, 0.29) is 0 Å². The van der Waals surface area contributed by atoms with Crippen molar-refractivity contribution >= 4 is 46.0 Å². The molecule has 2 aliphatic carbocycles. The van der Waals surface area contributed by atoms with Crippen LogP contribution in [0.5, 0.6) is 0 Å². The van der Waals surface area contributed by atoms with Gasteiger partial charge in [-0.15, -0.1) is 0 Å². The van der Waals surface area contributed by atoms with Gasteiger partial charge in [-0.3, -0.25) is 0 Å². The number of para-hydroxylation sites is 1. The molecule has 0 amide bonds. The van der Waals surface area contributed by atoms with Crippen LogP contribution in [-0.2, 0) is 6.42 Å². The van der Waals surface area contributed by atoms with E-state index in [1.54, 1.807) is 6.20 Å². The van der Waals surface area contributed by atoms with Crippen LogP contribution >= 0.6 is 0 Å². The van der Waals surface area contributed by atoms with Crippen LogP contribution in [0.15, 0.2) is 140 Å². The number of fused-ring (bicyclic) bond motifs is 4. The average Bonchev–Trinajstić information content (AvgIpc) is 3.29. The lowest BCUT2D eigenvalue weighted by molar-refractivity contribution is 0.991. The predicted molar refractivity (Wildman–Crippen MR) is 215 cm³/mol. The second-order valence-electron chi connectivity index (χ2n) is 13.3. The fraction of sp³-hybridized carbons (Fsp3) is 0.0833. The second kappa shape index (κ2) is 12.4. The maximum atomic E-state index is 5.93. The third kappa shape index (κ3) is 4.87. The summed E-state index contributed by atoms with van der Waals surface area (Å²) in [7, 11) is 0. The molecule has 2 heteroatoms. The number of benzene rings is 6. The summed E-state index contributed by atoms with van der Waals surface area (Å²) in [5.74, 6) is 0. The topological polar surface area (TPSA) is 30.9 Å². The number of hydrogen-bond donors (Lipinski definition) is 1. The smallest absolute Gasteiger partial charge is 0.0538 e. The first-order valence-electron chi connectivity index (χ1n) is 17.6. The lowest BCUT2D eigenvalue weighted by Gasteiger charge is -2.25. The number of nitrogens with zero attached hydrogens (tertiary/aromatic N) is 1. The highest BCUT2D eigenvalue weighted by atomic mass is 15.0. The summed E-state index contributed by atoms with van der Waals surface area (Å²) < 4.78 is 2.30. The summed E-state index contributed by atoms with van der Waals surface area (Å²) in [6, 6.07) is 42.3. The van der Waals surface area contributed by atoms with Crippen molar-refractivity contribution < 1.29 is 0 Å². The van der Waals surface area contributed by atoms with Crippen molar-refractivity contribution in [2.75, 3.05) is 0 Å². The van der Waals surface area contributed by atoms with Gasteiger partial charge in [0.25, 0.3) is 0 Å². The standard InChI is InChI=1S/C48H38N2/c1-32-44-31-36(27-28-46(44)50(45(32)29-30-49)37-15-5-3-6-16-37)33-23-25-35(26-24-33)47-40-18-8-10-20-42(40)48(43-21-11-9-19-41(43)47)39-22-12-14-34-13-4-2-7-17-38(34)39/h3-10,12-20,22-31H,2,11,21,49H2,1H3/b30-29-. The van der Waals surface area contributed by atoms with E-state index in [4.69, 9.17) is 5.73 Å². The number of nitrogens with two attached hydrogens (primary N) is 1. The van der Waals surface area contributed by atoms with Crippen LogP contribution in [0, 0.1) is 6.92 Å². The molecule has 7 aromatic rings. The van der Waals surface area contributed by atoms with Gasteiger partial charge in [0.05, 0.1) is 11.2 Å². The number of rotatable bonds is 5. The number of allylic oxidation sites excluding steroid dienone is 3. The Bertz CT molecular complexity index is 2550. The Balaban J connectivity index is 1.18. The molecule has 1 heterocycles. The normalized spacial score (nSPS) is 13.6. The van der Waals surface area contributed by atoms with E-state index >= 15 is 0 Å². The van der Waals surface area contributed by atoms with E-state index in [0.29, 0.717) is 0 Å². The molecule has 0 atom stereocenters. The van der Waals surface area contributed by atoms with E-state index in [1.807, 2.05) is 6.08 Å². The molecule has 0 radical (unpaired) electrons. The summed E-state index contributed by atoms with van der Waals surface area (Å²) in [5.41, 5.74) is 23.6. The summed E-state index contributed by atoms with van der Waals surface area (Å²) >= 11 is 0. The molecular formula is C48H38N2. The van der Waals surface area contributed by atoms with Gasteiger partial charge in [0.1, 0.15) is 0 Å². The van der Waals surface area contributed by atoms with Crippen LogP contribution in [0.25, 0.3) is 85.0 Å². The van der Waals surface area contributed by atoms with Crippen molar-refractivity contribution in [3.63, 3.8) is 0 Å². The highest BCUT2D eigenvalue weighted by Gasteiger charge is 2.23. The molecule has 0 spiro atoms. The lowest BCUT2D eigenvalue weighted by atomic mass is 9.79. The maximum Gasteiger partial charge on any atom is 0.0538 e. The van der Waals surface area contributed by atoms with Crippen LogP contribution in [-0.4, -0.2) is 4.57 Å². The first kappa shape index (κ1) is 30.0. The van der Waals surface area contributed by atoms with Crippen LogP contribution < -0.4 is 5.73 Å². The van der Waals surface area contributed by atoms with E-state index in [9.17, 15) is 0 Å². The number of aryl methyl sites for hydroxylation is 1. The molecule has 0 saturated carbocycles. The zero-order valence-electron chi connectivity index (χ0n) is 28.2. The zero-order chi connectivity index (χ0) is 33.6. The van der Waals surface area contributed by atoms with Gasteiger partial charge < -0.3 is 10.3 Å². The minimum atomic E-state index is 0.964. The molecule has 6 aromatic carbocycles. The van der Waals surface area contributed by atoms with Gasteiger partial charge in [-0.1, -0.05) is 127 Å². The molecule has 1 aromatic heterocycles. The van der Waals surface area contributed by atoms with E-state index in [2.05, 4.69) is 163 Å². The summed E-state index contributed by atoms with van der Waals surface area (Å²) in [6.07, 6.45) is 20.5. The highest BCUT2D eigenvalue weighted by Crippen LogP contribution is 2.46. The fourth-order valence-corrected chi connectivity index (χ4v) is 8.22. The lowest BCUT2D eigenvalue weighted by Crippen LogP contribution is -2.03. The first-order valence-corrected chi connectivity index (χ1v) is 17.6. The third-order valence-electron chi connectivity index (χ3n) is 10.5. The van der Waals surface area contributed by atoms with Crippen LogP contribution in [0.2, 0.25) is 0 Å². The van der Waals surface area contributed by atoms with Gasteiger partial charge in [-0.2, -0.15) is 0 Å². The van der Waals surface area contributed by atoms with Crippen LogP contribution in [0.3, 0.4) is 0 Å². The maximum absolute atomic E-state index is 5.93. The fourth-order valence-electron chi connectivity index (χ4n) is 8.22. The molecule has 50 heavy (non-hydrogen) atoms. The minimum Gasteiger partial charge on any atom is -0.405 e. The molecule has 2 aliphatic rings. The Morgan fingerprint density at radius 3 is 2.16 bits per heavy atom. The highest BCUT2D eigenvalue weighted by molar-refractivity contribution is 6.11. The Morgan fingerprint density at radius 2 is 1.34 bits per heavy atom. The summed E-state index contributed by atoms with van der Waals surface area (Å²) in [5, 5.41) is 3.85. The van der Waals surface area contributed by atoms with Gasteiger partial charge in [-0.05, 0) is 135 Å². The monoisotopic (exact) mass is 642 g/mol. The van der Waals surface area contributed by atoms with Gasteiger partial charge in [0, 0.05) is 11.1 Å². The molecule has 0 unspecified atom stereocenters. The largest absolute Gasteiger partial charge is 0.405 e. The van der Waals surface area contributed by atoms with E-state index in [1.165, 1.54) is 82.9 Å². The number of hydrogen-bond acceptors (Lipinski definition) is 1. The van der Waals surface area contributed by atoms with Crippen LogP contribution in [0.1, 0.15) is 46.4 Å². The quantitative estimate of drug-likeness (QED) is 0.199. The molecule has 2 N–H and O–H groups in total. The number of aromatic nitrogens is 1. The predicted octanol–water partition coefficient (Wildman–Crippen LogP) is 12.4. The molecule has 0 aliphatic heterocycles. The van der Waals surface area contributed by atoms with Crippen molar-refractivity contribution in [2.24, 2.45) is 5.73 Å². The Hall–Kier alpha value is -6.12. The van der Waals surface area contributed by atoms with E-state index in [0.717, 1.165) is 30.6 Å². The van der Waals surface area contributed by atoms with Crippen molar-refractivity contribution in [3.8, 4) is 39.1 Å². The summed E-state index contributed by atoms with van der Waals surface area (Å²) in [6.45, 7) is 2.19. The molecule has 0 fully saturated rings. The molecule has 240 valence electrons. The zero-order valence-corrected chi connectivity index (χ0v) is 28.2. The van der Waals surface area contributed by atoms with Gasteiger partial charge in [-0.25, -0.2) is 0 Å². The minimum absolute atomic E-state index is 0.964. The van der Waals surface area contributed by atoms with Crippen molar-refractivity contribution in [2.45, 2.75) is 26.2 Å². The van der Waals surface area contributed by atoms with E-state index < -0.39 is 0 Å². The van der Waals surface area contributed by atoms with Crippen LogP contribution in [0.4, 0.5) is 0 Å². The first-order chi connectivity index (χ1) is 24.7. The Labute approximate surface area is 293 Å². The van der Waals surface area contributed by atoms with Gasteiger partial charge >= 0.3 is 0 Å².